The maximum atomic E-state index is 13.0. The molecule has 19 nitrogen and oxygen atoms in total. The van der Waals surface area contributed by atoms with Crippen molar-refractivity contribution in [1.82, 2.24) is 37.2 Å². The number of carbonyl (C=O) groups excluding carboxylic acids is 6. The minimum absolute atomic E-state index is 0.0545. The van der Waals surface area contributed by atoms with E-state index in [9.17, 15) is 38.4 Å². The molecule has 1 fully saturated rings. The summed E-state index contributed by atoms with van der Waals surface area (Å²) in [6.45, 7) is 1.49. The van der Waals surface area contributed by atoms with Crippen molar-refractivity contribution in [3.05, 3.63) is 0 Å². The van der Waals surface area contributed by atoms with Crippen LogP contribution in [0.5, 0.6) is 0 Å². The minimum atomic E-state index is -1.29. The molecule has 1 rings (SSSR count). The van der Waals surface area contributed by atoms with E-state index < -0.39 is 71.5 Å². The Bertz CT molecular complexity index is 1050. The maximum Gasteiger partial charge on any atom is 0.320 e. The highest BCUT2D eigenvalue weighted by molar-refractivity contribution is 8.76. The van der Waals surface area contributed by atoms with Gasteiger partial charge in [-0.2, -0.15) is 0 Å². The lowest BCUT2D eigenvalue weighted by Gasteiger charge is -2.20. The second kappa shape index (κ2) is 25.3. The van der Waals surface area contributed by atoms with Crippen LogP contribution in [-0.2, 0) is 38.4 Å². The average molecular weight is 736 g/mol. The summed E-state index contributed by atoms with van der Waals surface area (Å²) in [7, 11) is 2.12. The van der Waals surface area contributed by atoms with E-state index in [0.29, 0.717) is 26.1 Å². The number of rotatable bonds is 10. The van der Waals surface area contributed by atoms with Gasteiger partial charge in [0.25, 0.3) is 0 Å². The molecule has 1 heterocycles. The zero-order valence-corrected chi connectivity index (χ0v) is 28.9. The first-order valence-corrected chi connectivity index (χ1v) is 18.4. The van der Waals surface area contributed by atoms with Crippen LogP contribution in [0.2, 0.25) is 0 Å². The first-order valence-electron chi connectivity index (χ1n) is 15.9. The topological polar surface area (TPSA) is 313 Å². The molecule has 1 saturated heterocycles. The molecule has 1 aliphatic rings. The molecule has 0 aromatic heterocycles. The molecule has 4 unspecified atom stereocenters. The molecule has 0 aliphatic carbocycles. The highest BCUT2D eigenvalue weighted by Gasteiger charge is 2.25. The van der Waals surface area contributed by atoms with Crippen LogP contribution in [0.15, 0.2) is 0 Å². The normalized spacial score (nSPS) is 21.5. The smallest absolute Gasteiger partial charge is 0.320 e. The van der Waals surface area contributed by atoms with Gasteiger partial charge in [-0.1, -0.05) is 28.0 Å². The van der Waals surface area contributed by atoms with Crippen LogP contribution < -0.4 is 48.7 Å². The van der Waals surface area contributed by atoms with Crippen LogP contribution in [0.3, 0.4) is 0 Å². The summed E-state index contributed by atoms with van der Waals surface area (Å²) in [5, 5.41) is 36.6. The van der Waals surface area contributed by atoms with Gasteiger partial charge in [0.05, 0.1) is 13.1 Å². The Morgan fingerprint density at radius 1 is 0.653 bits per heavy atom. The standard InChI is InChI=1S/C28H49N9O10S2/c29-17(27(44)45)5-7-21(38)36-19-15-48-49-16-20(37-22(39)8-6-18(30)28(46)47)26(43)35-14-24(41)33-12-4-10-31-9-2-1-3-11-32-23(40)13-34-25(19)42/h17-20,31H,1-16,29-30H2,(H,32,40)(H,33,41)(H,34,42)(H,35,43)(H,36,38)(H,37,39)(H,44,45)(H,46,47). The minimum Gasteiger partial charge on any atom is -0.480 e. The number of carboxylic acid groups (broad SMARTS) is 2. The Hall–Kier alpha value is -3.66. The molecular formula is C28H49N9O10S2. The lowest BCUT2D eigenvalue weighted by Crippen LogP contribution is -2.51. The maximum absolute atomic E-state index is 13.0. The van der Waals surface area contributed by atoms with Gasteiger partial charge in [0.15, 0.2) is 0 Å². The third kappa shape index (κ3) is 21.1. The fourth-order valence-corrected chi connectivity index (χ4v) is 6.33. The van der Waals surface area contributed by atoms with E-state index in [0.717, 1.165) is 47.4 Å². The lowest BCUT2D eigenvalue weighted by molar-refractivity contribution is -0.140. The number of nitrogens with one attached hydrogen (secondary N) is 7. The fraction of sp³-hybridized carbons (Fsp3) is 0.714. The highest BCUT2D eigenvalue weighted by Crippen LogP contribution is 2.23. The third-order valence-electron chi connectivity index (χ3n) is 6.91. The number of aliphatic carboxylic acids is 2. The van der Waals surface area contributed by atoms with Gasteiger partial charge in [-0.05, 0) is 45.2 Å². The number of carbonyl (C=O) groups is 8. The van der Waals surface area contributed by atoms with E-state index in [4.69, 9.17) is 21.7 Å². The zero-order valence-electron chi connectivity index (χ0n) is 27.3. The fourth-order valence-electron chi connectivity index (χ4n) is 4.00. The monoisotopic (exact) mass is 735 g/mol. The Balaban J connectivity index is 2.99. The first kappa shape index (κ1) is 43.4. The Labute approximate surface area is 292 Å². The van der Waals surface area contributed by atoms with Gasteiger partial charge in [-0.15, -0.1) is 0 Å². The van der Waals surface area contributed by atoms with Crippen LogP contribution in [-0.4, -0.2) is 133 Å². The van der Waals surface area contributed by atoms with Crippen molar-refractivity contribution in [3.63, 3.8) is 0 Å². The van der Waals surface area contributed by atoms with Crippen molar-refractivity contribution in [2.45, 2.75) is 75.5 Å². The van der Waals surface area contributed by atoms with Crippen LogP contribution in [0.1, 0.15) is 51.4 Å². The molecule has 13 N–H and O–H groups in total. The lowest BCUT2D eigenvalue weighted by atomic mass is 10.1. The molecule has 0 radical (unpaired) electrons. The van der Waals surface area contributed by atoms with E-state index in [2.05, 4.69) is 37.2 Å². The number of carboxylic acids is 2. The van der Waals surface area contributed by atoms with Crippen molar-refractivity contribution < 1.29 is 48.6 Å². The summed E-state index contributed by atoms with van der Waals surface area (Å²) < 4.78 is 0. The number of hydrogen-bond acceptors (Lipinski definition) is 13. The van der Waals surface area contributed by atoms with Gasteiger partial charge in [-0.3, -0.25) is 38.4 Å². The molecule has 0 spiro atoms. The molecular weight excluding hydrogens is 686 g/mol. The van der Waals surface area contributed by atoms with E-state index in [-0.39, 0.29) is 50.3 Å². The zero-order chi connectivity index (χ0) is 36.6. The summed E-state index contributed by atoms with van der Waals surface area (Å²) in [5.74, 6) is -6.20. The van der Waals surface area contributed by atoms with Crippen LogP contribution in [0.25, 0.3) is 0 Å². The molecule has 6 amide bonds. The van der Waals surface area contributed by atoms with Gasteiger partial charge in [0, 0.05) is 37.4 Å². The quantitative estimate of drug-likeness (QED) is 0.0964. The predicted molar refractivity (Wildman–Crippen MR) is 182 cm³/mol. The summed E-state index contributed by atoms with van der Waals surface area (Å²) in [4.78, 5) is 97.6. The van der Waals surface area contributed by atoms with Gasteiger partial charge < -0.3 is 58.9 Å². The summed E-state index contributed by atoms with van der Waals surface area (Å²) in [6.07, 6.45) is 2.18. The van der Waals surface area contributed by atoms with Crippen molar-refractivity contribution >= 4 is 69.0 Å². The number of hydrogen-bond donors (Lipinski definition) is 11. The second-order valence-corrected chi connectivity index (χ2v) is 13.6. The Kier molecular flexibility index (Phi) is 22.4. The average Bonchev–Trinajstić information content (AvgIpc) is 3.06. The van der Waals surface area contributed by atoms with Crippen LogP contribution in [0, 0.1) is 0 Å². The second-order valence-electron chi connectivity index (χ2n) is 11.1. The van der Waals surface area contributed by atoms with Gasteiger partial charge in [0.2, 0.25) is 35.4 Å². The van der Waals surface area contributed by atoms with E-state index in [1.165, 1.54) is 0 Å². The Morgan fingerprint density at radius 3 is 1.51 bits per heavy atom. The molecule has 0 saturated carbocycles. The molecule has 0 aromatic rings. The molecule has 4 atom stereocenters. The molecule has 0 aromatic carbocycles. The predicted octanol–water partition coefficient (Wildman–Crippen LogP) is -3.65. The largest absolute Gasteiger partial charge is 0.480 e. The summed E-state index contributed by atoms with van der Waals surface area (Å²) in [5.41, 5.74) is 10.9. The summed E-state index contributed by atoms with van der Waals surface area (Å²) in [6, 6.07) is -4.89. The molecule has 278 valence electrons. The van der Waals surface area contributed by atoms with Gasteiger partial charge in [-0.25, -0.2) is 0 Å². The molecule has 0 bridgehead atoms. The molecule has 1 aliphatic heterocycles. The Morgan fingerprint density at radius 2 is 1.06 bits per heavy atom. The van der Waals surface area contributed by atoms with Crippen molar-refractivity contribution in [1.29, 1.82) is 0 Å². The van der Waals surface area contributed by atoms with Gasteiger partial charge >= 0.3 is 11.9 Å². The van der Waals surface area contributed by atoms with Crippen LogP contribution >= 0.6 is 21.6 Å². The van der Waals surface area contributed by atoms with Gasteiger partial charge in [0.1, 0.15) is 24.2 Å². The summed E-state index contributed by atoms with van der Waals surface area (Å²) >= 11 is 0. The number of nitrogens with two attached hydrogens (primary N) is 2. The van der Waals surface area contributed by atoms with E-state index in [1.807, 2.05) is 0 Å². The third-order valence-corrected chi connectivity index (χ3v) is 9.33. The first-order chi connectivity index (χ1) is 23.3. The molecule has 21 heteroatoms. The SMILES string of the molecule is NC(CCC(=O)NC1CSSCC(NC(=O)CCC(N)C(=O)O)C(=O)NCC(=O)NCCCNCCCCCNC(=O)CNC1=O)C(=O)O. The number of amides is 6. The van der Waals surface area contributed by atoms with Crippen molar-refractivity contribution in [2.75, 3.05) is 50.8 Å². The van der Waals surface area contributed by atoms with E-state index in [1.54, 1.807) is 0 Å². The van der Waals surface area contributed by atoms with Crippen molar-refractivity contribution in [3.8, 4) is 0 Å². The highest BCUT2D eigenvalue weighted by atomic mass is 33.1. The van der Waals surface area contributed by atoms with Crippen molar-refractivity contribution in [2.24, 2.45) is 11.5 Å². The molecule has 49 heavy (non-hydrogen) atoms. The van der Waals surface area contributed by atoms with Crippen LogP contribution in [0.4, 0.5) is 0 Å². The van der Waals surface area contributed by atoms with E-state index >= 15 is 0 Å².